The van der Waals surface area contributed by atoms with Crippen LogP contribution >= 0.6 is 0 Å². The van der Waals surface area contributed by atoms with E-state index in [1.807, 2.05) is 19.2 Å². The Kier molecular flexibility index (Phi) is 8.10. The van der Waals surface area contributed by atoms with Gasteiger partial charge < -0.3 is 14.6 Å². The molecule has 0 aliphatic carbocycles. The largest absolute Gasteiger partial charge is 0.379 e. The fourth-order valence-corrected chi connectivity index (χ4v) is 7.60. The SMILES string of the molecule is Cc1ccc(-c2nn(CC(=O)NCCc3c(C)n(C)c4ccccc34)c(=O)c3ccccc23)cc1S(=O)(=O)N1CCOCC1. The van der Waals surface area contributed by atoms with Gasteiger partial charge in [-0.3, -0.25) is 9.59 Å². The Morgan fingerprint density at radius 2 is 1.64 bits per heavy atom. The van der Waals surface area contributed by atoms with Gasteiger partial charge in [0.1, 0.15) is 6.54 Å². The third kappa shape index (κ3) is 5.42. The number of aromatic nitrogens is 3. The molecule has 3 aromatic carbocycles. The highest BCUT2D eigenvalue weighted by Gasteiger charge is 2.28. The molecule has 228 valence electrons. The lowest BCUT2D eigenvalue weighted by atomic mass is 10.0. The van der Waals surface area contributed by atoms with Gasteiger partial charge in [0.05, 0.1) is 29.2 Å². The summed E-state index contributed by atoms with van der Waals surface area (Å²) in [4.78, 5) is 26.7. The van der Waals surface area contributed by atoms with E-state index in [1.165, 1.54) is 9.87 Å². The second kappa shape index (κ2) is 12.0. The molecule has 1 N–H and O–H groups in total. The lowest BCUT2D eigenvalue weighted by Gasteiger charge is -2.27. The topological polar surface area (TPSA) is 116 Å². The van der Waals surface area contributed by atoms with Gasteiger partial charge in [-0.25, -0.2) is 13.1 Å². The molecule has 0 atom stereocenters. The van der Waals surface area contributed by atoms with E-state index in [0.29, 0.717) is 53.8 Å². The first-order valence-electron chi connectivity index (χ1n) is 14.6. The van der Waals surface area contributed by atoms with E-state index < -0.39 is 15.6 Å². The zero-order valence-electron chi connectivity index (χ0n) is 25.0. The molecule has 0 bridgehead atoms. The molecule has 6 rings (SSSR count). The predicted molar refractivity (Wildman–Crippen MR) is 170 cm³/mol. The van der Waals surface area contributed by atoms with Crippen molar-refractivity contribution in [1.29, 1.82) is 0 Å². The zero-order chi connectivity index (χ0) is 31.0. The molecule has 3 heterocycles. The van der Waals surface area contributed by atoms with E-state index in [2.05, 4.69) is 34.0 Å². The van der Waals surface area contributed by atoms with Crippen molar-refractivity contribution >= 4 is 37.6 Å². The van der Waals surface area contributed by atoms with Crippen LogP contribution in [0.15, 0.2) is 76.4 Å². The molecular formula is C33H35N5O5S. The summed E-state index contributed by atoms with van der Waals surface area (Å²) in [6.45, 7) is 5.23. The number of hydrogen-bond acceptors (Lipinski definition) is 6. The Labute approximate surface area is 255 Å². The van der Waals surface area contributed by atoms with Crippen molar-refractivity contribution in [2.45, 2.75) is 31.7 Å². The van der Waals surface area contributed by atoms with E-state index in [9.17, 15) is 18.0 Å². The van der Waals surface area contributed by atoms with Crippen LogP contribution < -0.4 is 10.9 Å². The molecule has 1 saturated heterocycles. The maximum absolute atomic E-state index is 13.6. The molecule has 0 saturated carbocycles. The highest BCUT2D eigenvalue weighted by atomic mass is 32.2. The Bertz CT molecular complexity index is 2060. The van der Waals surface area contributed by atoms with Gasteiger partial charge in [-0.1, -0.05) is 48.5 Å². The number of fused-ring (bicyclic) bond motifs is 2. The summed E-state index contributed by atoms with van der Waals surface area (Å²) in [6.07, 6.45) is 0.647. The van der Waals surface area contributed by atoms with E-state index >= 15 is 0 Å². The quantitative estimate of drug-likeness (QED) is 0.286. The summed E-state index contributed by atoms with van der Waals surface area (Å²) >= 11 is 0. The van der Waals surface area contributed by atoms with E-state index in [0.717, 1.165) is 21.3 Å². The first-order valence-corrected chi connectivity index (χ1v) is 16.1. The number of hydrogen-bond donors (Lipinski definition) is 1. The average molecular weight is 614 g/mol. The third-order valence-electron chi connectivity index (χ3n) is 8.44. The second-order valence-electron chi connectivity index (χ2n) is 11.1. The molecule has 1 aliphatic rings. The van der Waals surface area contributed by atoms with Crippen LogP contribution in [0.1, 0.15) is 16.8 Å². The predicted octanol–water partition coefficient (Wildman–Crippen LogP) is 3.55. The molecule has 1 amide bonds. The number of aryl methyl sites for hydroxylation is 2. The van der Waals surface area contributed by atoms with Crippen LogP contribution in [0.3, 0.4) is 0 Å². The zero-order valence-corrected chi connectivity index (χ0v) is 25.9. The molecule has 1 fully saturated rings. The highest BCUT2D eigenvalue weighted by Crippen LogP contribution is 2.30. The number of benzene rings is 3. The minimum Gasteiger partial charge on any atom is -0.379 e. The lowest BCUT2D eigenvalue weighted by molar-refractivity contribution is -0.121. The minimum atomic E-state index is -3.77. The van der Waals surface area contributed by atoms with E-state index in [-0.39, 0.29) is 30.4 Å². The fraction of sp³-hybridized carbons (Fsp3) is 0.303. The summed E-state index contributed by atoms with van der Waals surface area (Å²) in [5, 5.41) is 9.70. The third-order valence-corrected chi connectivity index (χ3v) is 10.5. The van der Waals surface area contributed by atoms with Crippen molar-refractivity contribution < 1.29 is 17.9 Å². The molecule has 5 aromatic rings. The summed E-state index contributed by atoms with van der Waals surface area (Å²) in [6, 6.07) is 20.4. The van der Waals surface area contributed by atoms with Crippen LogP contribution in [0, 0.1) is 13.8 Å². The van der Waals surface area contributed by atoms with Gasteiger partial charge in [0, 0.05) is 54.2 Å². The average Bonchev–Trinajstić information content (AvgIpc) is 3.28. The molecule has 44 heavy (non-hydrogen) atoms. The van der Waals surface area contributed by atoms with Crippen LogP contribution in [0.25, 0.3) is 32.9 Å². The Morgan fingerprint density at radius 3 is 2.39 bits per heavy atom. The number of nitrogens with zero attached hydrogens (tertiary/aromatic N) is 4. The van der Waals surface area contributed by atoms with Gasteiger partial charge in [-0.2, -0.15) is 9.40 Å². The summed E-state index contributed by atoms with van der Waals surface area (Å²) < 4.78 is 37.2. The van der Waals surface area contributed by atoms with Crippen molar-refractivity contribution in [2.75, 3.05) is 32.8 Å². The van der Waals surface area contributed by atoms with Crippen molar-refractivity contribution in [3.8, 4) is 11.3 Å². The van der Waals surface area contributed by atoms with E-state index in [1.54, 1.807) is 49.4 Å². The van der Waals surface area contributed by atoms with Gasteiger partial charge in [-0.15, -0.1) is 0 Å². The first kappa shape index (κ1) is 29.7. The standard InChI is InChI=1S/C33H35N5O5S/c1-22-12-13-24(20-30(22)44(41,42)37-16-18-43-19-17-37)32-27-9-4-5-10-28(27)33(40)38(35-32)21-31(39)34-15-14-25-23(2)36(3)29-11-7-6-8-26(25)29/h4-13,20H,14-19,21H2,1-3H3,(H,34,39). The monoisotopic (exact) mass is 613 g/mol. The molecule has 11 heteroatoms. The maximum Gasteiger partial charge on any atom is 0.275 e. The van der Waals surface area contributed by atoms with Gasteiger partial charge >= 0.3 is 0 Å². The Balaban J connectivity index is 1.29. The van der Waals surface area contributed by atoms with Crippen molar-refractivity contribution in [1.82, 2.24) is 24.0 Å². The number of para-hydroxylation sites is 1. The summed E-state index contributed by atoms with van der Waals surface area (Å²) in [5.41, 5.74) is 4.65. The van der Waals surface area contributed by atoms with Gasteiger partial charge in [0.25, 0.3) is 5.56 Å². The second-order valence-corrected chi connectivity index (χ2v) is 13.0. The number of carbonyl (C=O) groups is 1. The van der Waals surface area contributed by atoms with Crippen LogP contribution in [-0.4, -0.2) is 65.8 Å². The smallest absolute Gasteiger partial charge is 0.275 e. The fourth-order valence-electron chi connectivity index (χ4n) is 5.94. The van der Waals surface area contributed by atoms with Gasteiger partial charge in [0.15, 0.2) is 0 Å². The number of amides is 1. The summed E-state index contributed by atoms with van der Waals surface area (Å²) in [7, 11) is -1.74. The Hall–Kier alpha value is -4.32. The molecule has 0 radical (unpaired) electrons. The van der Waals surface area contributed by atoms with Gasteiger partial charge in [-0.05, 0) is 49.6 Å². The Morgan fingerprint density at radius 1 is 0.955 bits per heavy atom. The normalized spacial score (nSPS) is 14.3. The maximum atomic E-state index is 13.6. The number of rotatable bonds is 8. The molecule has 10 nitrogen and oxygen atoms in total. The molecule has 0 spiro atoms. The van der Waals surface area contributed by atoms with E-state index in [4.69, 9.17) is 4.74 Å². The molecule has 2 aromatic heterocycles. The number of morpholine rings is 1. The van der Waals surface area contributed by atoms with Gasteiger partial charge in [0.2, 0.25) is 15.9 Å². The van der Waals surface area contributed by atoms with Crippen LogP contribution in [0.4, 0.5) is 0 Å². The highest BCUT2D eigenvalue weighted by molar-refractivity contribution is 7.89. The number of sulfonamides is 1. The number of carbonyl (C=O) groups excluding carboxylic acids is 1. The lowest BCUT2D eigenvalue weighted by Crippen LogP contribution is -2.40. The molecule has 1 aliphatic heterocycles. The van der Waals surface area contributed by atoms with Crippen molar-refractivity contribution in [3.05, 3.63) is 93.9 Å². The molecule has 0 unspecified atom stereocenters. The van der Waals surface area contributed by atoms with Crippen molar-refractivity contribution in [2.24, 2.45) is 7.05 Å². The molecular weight excluding hydrogens is 578 g/mol. The number of ether oxygens (including phenoxy) is 1. The van der Waals surface area contributed by atoms with Crippen LogP contribution in [-0.2, 0) is 39.6 Å². The minimum absolute atomic E-state index is 0.182. The van der Waals surface area contributed by atoms with Crippen LogP contribution in [0.2, 0.25) is 0 Å². The number of nitrogens with one attached hydrogen (secondary N) is 1. The first-order chi connectivity index (χ1) is 21.2. The van der Waals surface area contributed by atoms with Crippen LogP contribution in [0.5, 0.6) is 0 Å². The summed E-state index contributed by atoms with van der Waals surface area (Å²) in [5.74, 6) is -0.335. The van der Waals surface area contributed by atoms with Crippen molar-refractivity contribution in [3.63, 3.8) is 0 Å².